The molecule has 0 aromatic heterocycles. The number of benzene rings is 1. The zero-order valence-electron chi connectivity index (χ0n) is 14.9. The first-order valence-electron chi connectivity index (χ1n) is 7.86. The summed E-state index contributed by atoms with van der Waals surface area (Å²) in [6.07, 6.45) is 2.16. The van der Waals surface area contributed by atoms with Crippen molar-refractivity contribution in [2.45, 2.75) is 12.8 Å². The molecular weight excluding hydrogens is 348 g/mol. The van der Waals surface area contributed by atoms with Crippen molar-refractivity contribution in [2.75, 3.05) is 46.0 Å². The number of hydrogen-bond donors (Lipinski definition) is 1. The third-order valence-electron chi connectivity index (χ3n) is 4.23. The van der Waals surface area contributed by atoms with Crippen LogP contribution in [0.4, 0.5) is 5.69 Å². The Kier molecular flexibility index (Phi) is 6.12. The van der Waals surface area contributed by atoms with E-state index in [0.29, 0.717) is 48.9 Å². The van der Waals surface area contributed by atoms with E-state index in [1.165, 1.54) is 31.9 Å². The first kappa shape index (κ1) is 19.3. The van der Waals surface area contributed by atoms with Gasteiger partial charge in [-0.25, -0.2) is 12.7 Å². The molecule has 1 aromatic carbocycles. The van der Waals surface area contributed by atoms with Crippen molar-refractivity contribution in [3.63, 3.8) is 0 Å². The number of sulfonamides is 1. The lowest BCUT2D eigenvalue weighted by Crippen LogP contribution is -2.40. The fraction of sp³-hybridized carbons (Fsp3) is 0.562. The van der Waals surface area contributed by atoms with Crippen molar-refractivity contribution >= 4 is 21.6 Å². The van der Waals surface area contributed by atoms with E-state index in [1.54, 1.807) is 12.1 Å². The number of piperidine rings is 1. The van der Waals surface area contributed by atoms with Crippen LogP contribution >= 0.6 is 0 Å². The molecule has 0 aliphatic carbocycles. The maximum Gasteiger partial charge on any atom is 0.227 e. The lowest BCUT2D eigenvalue weighted by atomic mass is 9.97. The van der Waals surface area contributed by atoms with Gasteiger partial charge in [0.1, 0.15) is 0 Å². The number of hydrogen-bond acceptors (Lipinski definition) is 6. The maximum absolute atomic E-state index is 12.5. The molecular formula is C16H24N2O6S. The summed E-state index contributed by atoms with van der Waals surface area (Å²) in [6.45, 7) is 0.707. The molecule has 1 N–H and O–H groups in total. The number of anilines is 1. The highest BCUT2D eigenvalue weighted by molar-refractivity contribution is 7.88. The molecule has 9 heteroatoms. The van der Waals surface area contributed by atoms with Crippen molar-refractivity contribution in [2.24, 2.45) is 5.92 Å². The van der Waals surface area contributed by atoms with Crippen LogP contribution in [0.15, 0.2) is 12.1 Å². The second-order valence-electron chi connectivity index (χ2n) is 5.84. The molecule has 0 bridgehead atoms. The van der Waals surface area contributed by atoms with Crippen LogP contribution in [0.1, 0.15) is 12.8 Å². The molecule has 25 heavy (non-hydrogen) atoms. The molecule has 0 atom stereocenters. The molecule has 1 aliphatic rings. The molecule has 0 radical (unpaired) electrons. The predicted molar refractivity (Wildman–Crippen MR) is 93.9 cm³/mol. The van der Waals surface area contributed by atoms with E-state index in [4.69, 9.17) is 14.2 Å². The Hall–Kier alpha value is -2.00. The summed E-state index contributed by atoms with van der Waals surface area (Å²) in [5.41, 5.74) is 0.532. The summed E-state index contributed by atoms with van der Waals surface area (Å²) in [5, 5.41) is 2.84. The Morgan fingerprint density at radius 2 is 1.60 bits per heavy atom. The van der Waals surface area contributed by atoms with Crippen LogP contribution in [-0.2, 0) is 14.8 Å². The molecule has 1 saturated heterocycles. The molecule has 1 aliphatic heterocycles. The minimum atomic E-state index is -3.20. The van der Waals surface area contributed by atoms with Crippen LogP contribution in [0.2, 0.25) is 0 Å². The normalized spacial score (nSPS) is 16.3. The van der Waals surface area contributed by atoms with E-state index >= 15 is 0 Å². The van der Waals surface area contributed by atoms with Crippen molar-refractivity contribution in [3.05, 3.63) is 12.1 Å². The van der Waals surface area contributed by atoms with Crippen molar-refractivity contribution in [1.29, 1.82) is 0 Å². The molecule has 1 heterocycles. The summed E-state index contributed by atoms with van der Waals surface area (Å²) in [7, 11) is 1.31. The number of nitrogens with one attached hydrogen (secondary N) is 1. The second kappa shape index (κ2) is 7.92. The lowest BCUT2D eigenvalue weighted by Gasteiger charge is -2.29. The van der Waals surface area contributed by atoms with E-state index < -0.39 is 10.0 Å². The molecule has 8 nitrogen and oxygen atoms in total. The number of methoxy groups -OCH3 is 3. The van der Waals surface area contributed by atoms with Crippen molar-refractivity contribution in [3.8, 4) is 17.2 Å². The van der Waals surface area contributed by atoms with Gasteiger partial charge < -0.3 is 19.5 Å². The zero-order chi connectivity index (χ0) is 18.6. The Bertz CT molecular complexity index is 701. The van der Waals surface area contributed by atoms with Gasteiger partial charge in [0.2, 0.25) is 21.7 Å². The second-order valence-corrected chi connectivity index (χ2v) is 7.82. The van der Waals surface area contributed by atoms with Gasteiger partial charge in [0.25, 0.3) is 0 Å². The number of rotatable bonds is 6. The van der Waals surface area contributed by atoms with Gasteiger partial charge in [-0.3, -0.25) is 4.79 Å². The first-order valence-corrected chi connectivity index (χ1v) is 9.71. The SMILES string of the molecule is COc1cc(NC(=O)C2CCN(S(C)(=O)=O)CC2)cc(OC)c1OC. The van der Waals surface area contributed by atoms with Crippen LogP contribution < -0.4 is 19.5 Å². The zero-order valence-corrected chi connectivity index (χ0v) is 15.7. The summed E-state index contributed by atoms with van der Waals surface area (Å²) >= 11 is 0. The van der Waals surface area contributed by atoms with E-state index in [1.807, 2.05) is 0 Å². The fourth-order valence-electron chi connectivity index (χ4n) is 2.85. The maximum atomic E-state index is 12.5. The van der Waals surface area contributed by atoms with E-state index in [2.05, 4.69) is 5.32 Å². The molecule has 1 fully saturated rings. The fourth-order valence-corrected chi connectivity index (χ4v) is 3.72. The van der Waals surface area contributed by atoms with E-state index in [9.17, 15) is 13.2 Å². The van der Waals surface area contributed by atoms with Crippen LogP contribution in [0.3, 0.4) is 0 Å². The first-order chi connectivity index (χ1) is 11.8. The van der Waals surface area contributed by atoms with Gasteiger partial charge in [0.05, 0.1) is 27.6 Å². The summed E-state index contributed by atoms with van der Waals surface area (Å²) in [4.78, 5) is 12.5. The Balaban J connectivity index is 2.08. The predicted octanol–water partition coefficient (Wildman–Crippen LogP) is 1.32. The number of ether oxygens (including phenoxy) is 3. The van der Waals surface area contributed by atoms with Gasteiger partial charge in [0.15, 0.2) is 11.5 Å². The summed E-state index contributed by atoms with van der Waals surface area (Å²) in [5.74, 6) is 0.956. The summed E-state index contributed by atoms with van der Waals surface area (Å²) in [6, 6.07) is 3.32. The Morgan fingerprint density at radius 3 is 2.00 bits per heavy atom. The minimum absolute atomic E-state index is 0.151. The van der Waals surface area contributed by atoms with Gasteiger partial charge >= 0.3 is 0 Å². The number of carbonyl (C=O) groups is 1. The van der Waals surface area contributed by atoms with Gasteiger partial charge in [-0.15, -0.1) is 0 Å². The number of carbonyl (C=O) groups excluding carboxylic acids is 1. The molecule has 140 valence electrons. The smallest absolute Gasteiger partial charge is 0.227 e. The summed E-state index contributed by atoms with van der Waals surface area (Å²) < 4.78 is 40.3. The standard InChI is InChI=1S/C16H24N2O6S/c1-22-13-9-12(10-14(23-2)15(13)24-3)17-16(19)11-5-7-18(8-6-11)25(4,20)21/h9-11H,5-8H2,1-4H3,(H,17,19). The highest BCUT2D eigenvalue weighted by Gasteiger charge is 2.29. The lowest BCUT2D eigenvalue weighted by molar-refractivity contribution is -0.120. The molecule has 1 aromatic rings. The van der Waals surface area contributed by atoms with Crippen molar-refractivity contribution in [1.82, 2.24) is 4.31 Å². The average Bonchev–Trinajstić information content (AvgIpc) is 2.60. The molecule has 0 unspecified atom stereocenters. The van der Waals surface area contributed by atoms with Crippen LogP contribution in [0, 0.1) is 5.92 Å². The number of nitrogens with zero attached hydrogens (tertiary/aromatic N) is 1. The quantitative estimate of drug-likeness (QED) is 0.809. The monoisotopic (exact) mass is 372 g/mol. The molecule has 1 amide bonds. The average molecular weight is 372 g/mol. The topological polar surface area (TPSA) is 94.2 Å². The van der Waals surface area contributed by atoms with Gasteiger partial charge in [-0.2, -0.15) is 0 Å². The van der Waals surface area contributed by atoms with Crippen molar-refractivity contribution < 1.29 is 27.4 Å². The third-order valence-corrected chi connectivity index (χ3v) is 5.53. The van der Waals surface area contributed by atoms with Crippen LogP contribution in [0.25, 0.3) is 0 Å². The number of amides is 1. The molecule has 0 spiro atoms. The highest BCUT2D eigenvalue weighted by Crippen LogP contribution is 2.40. The van der Waals surface area contributed by atoms with E-state index in [0.717, 1.165) is 0 Å². The van der Waals surface area contributed by atoms with Crippen LogP contribution in [0.5, 0.6) is 17.2 Å². The largest absolute Gasteiger partial charge is 0.493 e. The minimum Gasteiger partial charge on any atom is -0.493 e. The molecule has 0 saturated carbocycles. The Labute approximate surface area is 148 Å². The van der Waals surface area contributed by atoms with Gasteiger partial charge in [-0.05, 0) is 12.8 Å². The third kappa shape index (κ3) is 4.55. The van der Waals surface area contributed by atoms with Gasteiger partial charge in [0, 0.05) is 36.8 Å². The highest BCUT2D eigenvalue weighted by atomic mass is 32.2. The molecule has 2 rings (SSSR count). The van der Waals surface area contributed by atoms with E-state index in [-0.39, 0.29) is 11.8 Å². The van der Waals surface area contributed by atoms with Gasteiger partial charge in [-0.1, -0.05) is 0 Å². The Morgan fingerprint density at radius 1 is 1.08 bits per heavy atom. The van der Waals surface area contributed by atoms with Crippen LogP contribution in [-0.4, -0.2) is 59.3 Å².